The van der Waals surface area contributed by atoms with E-state index in [1.807, 2.05) is 0 Å². The average molecular weight is 368 g/mol. The monoisotopic (exact) mass is 367 g/mol. The number of carbonyl (C=O) groups is 1. The number of nitrogens with one attached hydrogen (secondary N) is 2. The Morgan fingerprint density at radius 2 is 1.82 bits per heavy atom. The molecule has 1 aromatic rings. The highest BCUT2D eigenvalue weighted by atomic mass is 35.5. The van der Waals surface area contributed by atoms with Crippen LogP contribution in [0.1, 0.15) is 20.3 Å². The van der Waals surface area contributed by atoms with E-state index < -0.39 is 15.6 Å². The predicted octanol–water partition coefficient (Wildman–Crippen LogP) is 1.52. The number of benzene rings is 1. The second-order valence-corrected chi connectivity index (χ2v) is 7.98. The third kappa shape index (κ3) is 6.10. The maximum Gasteiger partial charge on any atom is 0.243 e. The van der Waals surface area contributed by atoms with Gasteiger partial charge in [0.1, 0.15) is 4.90 Å². The second kappa shape index (κ2) is 7.61. The molecule has 9 heteroatoms. The molecule has 0 aliphatic rings. The summed E-state index contributed by atoms with van der Waals surface area (Å²) in [5, 5.41) is 2.67. The molecule has 0 saturated carbocycles. The lowest BCUT2D eigenvalue weighted by Gasteiger charge is -2.18. The number of hydrogen-bond acceptors (Lipinski definition) is 4. The zero-order chi connectivity index (χ0) is 17.0. The Hall–Kier alpha value is -0.860. The SMILES string of the molecule is CC(C)(N)CNC(=O)CCNS(=O)(=O)c1c(Cl)cccc1Cl. The van der Waals surface area contributed by atoms with Crippen LogP contribution in [0.4, 0.5) is 0 Å². The molecule has 0 radical (unpaired) electrons. The van der Waals surface area contributed by atoms with Crippen molar-refractivity contribution in [1.82, 2.24) is 10.0 Å². The Balaban J connectivity index is 2.59. The van der Waals surface area contributed by atoms with Gasteiger partial charge >= 0.3 is 0 Å². The summed E-state index contributed by atoms with van der Waals surface area (Å²) in [4.78, 5) is 11.4. The lowest BCUT2D eigenvalue weighted by molar-refractivity contribution is -0.121. The molecule has 0 aromatic heterocycles. The van der Waals surface area contributed by atoms with Crippen molar-refractivity contribution in [3.63, 3.8) is 0 Å². The van der Waals surface area contributed by atoms with E-state index in [4.69, 9.17) is 28.9 Å². The molecule has 0 spiro atoms. The third-order valence-electron chi connectivity index (χ3n) is 2.57. The van der Waals surface area contributed by atoms with Crippen LogP contribution in [-0.4, -0.2) is 33.0 Å². The predicted molar refractivity (Wildman–Crippen MR) is 87.5 cm³/mol. The molecule has 0 saturated heterocycles. The molecule has 1 rings (SSSR count). The molecule has 1 aromatic carbocycles. The molecule has 0 unspecified atom stereocenters. The van der Waals surface area contributed by atoms with Crippen molar-refractivity contribution in [2.24, 2.45) is 5.73 Å². The second-order valence-electron chi connectivity index (χ2n) is 5.46. The van der Waals surface area contributed by atoms with Crippen molar-refractivity contribution in [2.75, 3.05) is 13.1 Å². The average Bonchev–Trinajstić information content (AvgIpc) is 2.34. The zero-order valence-corrected chi connectivity index (χ0v) is 14.6. The van der Waals surface area contributed by atoms with Crippen LogP contribution in [-0.2, 0) is 14.8 Å². The topological polar surface area (TPSA) is 101 Å². The van der Waals surface area contributed by atoms with Crippen molar-refractivity contribution in [3.8, 4) is 0 Å². The maximum atomic E-state index is 12.1. The Labute approximate surface area is 140 Å². The fourth-order valence-electron chi connectivity index (χ4n) is 1.53. The number of nitrogens with two attached hydrogens (primary N) is 1. The van der Waals surface area contributed by atoms with Crippen LogP contribution in [0, 0.1) is 0 Å². The summed E-state index contributed by atoms with van der Waals surface area (Å²) < 4.78 is 26.6. The van der Waals surface area contributed by atoms with Crippen LogP contribution in [0.3, 0.4) is 0 Å². The molecule has 124 valence electrons. The number of sulfonamides is 1. The summed E-state index contributed by atoms with van der Waals surface area (Å²) in [6.07, 6.45) is -0.0165. The van der Waals surface area contributed by atoms with Gasteiger partial charge in [0.15, 0.2) is 0 Å². The molecule has 1 amide bonds. The fourth-order valence-corrected chi connectivity index (χ4v) is 3.70. The molecule has 0 aliphatic heterocycles. The Bertz CT molecular complexity index is 622. The van der Waals surface area contributed by atoms with E-state index in [1.54, 1.807) is 19.9 Å². The van der Waals surface area contributed by atoms with Gasteiger partial charge in [0, 0.05) is 25.0 Å². The Morgan fingerprint density at radius 3 is 2.32 bits per heavy atom. The van der Waals surface area contributed by atoms with Crippen LogP contribution < -0.4 is 15.8 Å². The van der Waals surface area contributed by atoms with Gasteiger partial charge in [-0.1, -0.05) is 29.3 Å². The van der Waals surface area contributed by atoms with Crippen molar-refractivity contribution in [1.29, 1.82) is 0 Å². The summed E-state index contributed by atoms with van der Waals surface area (Å²) in [5.74, 6) is -0.300. The normalized spacial score (nSPS) is 12.2. The van der Waals surface area contributed by atoms with Gasteiger partial charge in [0.05, 0.1) is 10.0 Å². The first-order chi connectivity index (χ1) is 10.0. The molecule has 0 aliphatic carbocycles. The summed E-state index contributed by atoms with van der Waals surface area (Å²) >= 11 is 11.7. The molecule has 0 bridgehead atoms. The van der Waals surface area contributed by atoms with Crippen LogP contribution in [0.2, 0.25) is 10.0 Å². The number of hydrogen-bond donors (Lipinski definition) is 3. The first-order valence-corrected chi connectivity index (χ1v) is 8.76. The van der Waals surface area contributed by atoms with Crippen LogP contribution in [0.25, 0.3) is 0 Å². The molecule has 22 heavy (non-hydrogen) atoms. The minimum Gasteiger partial charge on any atom is -0.354 e. The van der Waals surface area contributed by atoms with E-state index in [0.29, 0.717) is 6.54 Å². The van der Waals surface area contributed by atoms with Gasteiger partial charge < -0.3 is 11.1 Å². The minimum atomic E-state index is -3.88. The quantitative estimate of drug-likeness (QED) is 0.679. The fraction of sp³-hybridized carbons (Fsp3) is 0.462. The van der Waals surface area contributed by atoms with E-state index in [-0.39, 0.29) is 33.8 Å². The smallest absolute Gasteiger partial charge is 0.243 e. The first kappa shape index (κ1) is 19.2. The molecule has 0 atom stereocenters. The van der Waals surface area contributed by atoms with Crippen molar-refractivity contribution >= 4 is 39.1 Å². The zero-order valence-electron chi connectivity index (χ0n) is 12.3. The Kier molecular flexibility index (Phi) is 6.64. The molecular weight excluding hydrogens is 349 g/mol. The van der Waals surface area contributed by atoms with Crippen LogP contribution in [0.15, 0.2) is 23.1 Å². The van der Waals surface area contributed by atoms with Gasteiger partial charge in [-0.3, -0.25) is 4.79 Å². The van der Waals surface area contributed by atoms with Gasteiger partial charge in [-0.05, 0) is 26.0 Å². The number of halogens is 2. The van der Waals surface area contributed by atoms with Crippen molar-refractivity contribution in [2.45, 2.75) is 30.7 Å². The molecule has 6 nitrogen and oxygen atoms in total. The van der Waals surface area contributed by atoms with Crippen molar-refractivity contribution < 1.29 is 13.2 Å². The highest BCUT2D eigenvalue weighted by Gasteiger charge is 2.21. The largest absolute Gasteiger partial charge is 0.354 e. The van der Waals surface area contributed by atoms with Crippen LogP contribution in [0.5, 0.6) is 0 Å². The van der Waals surface area contributed by atoms with E-state index in [1.165, 1.54) is 12.1 Å². The summed E-state index contributed by atoms with van der Waals surface area (Å²) in [6, 6.07) is 4.40. The minimum absolute atomic E-state index is 0.0165. The van der Waals surface area contributed by atoms with E-state index in [9.17, 15) is 13.2 Å². The van der Waals surface area contributed by atoms with Crippen molar-refractivity contribution in [3.05, 3.63) is 28.2 Å². The first-order valence-electron chi connectivity index (χ1n) is 6.52. The number of carbonyl (C=O) groups excluding carboxylic acids is 1. The lowest BCUT2D eigenvalue weighted by atomic mass is 10.1. The highest BCUT2D eigenvalue weighted by molar-refractivity contribution is 7.89. The van der Waals surface area contributed by atoms with Gasteiger partial charge in [-0.25, -0.2) is 13.1 Å². The Morgan fingerprint density at radius 1 is 1.27 bits per heavy atom. The van der Waals surface area contributed by atoms with E-state index in [0.717, 1.165) is 0 Å². The standard InChI is InChI=1S/C13H19Cl2N3O3S/c1-13(2,16)8-17-11(19)6-7-18-22(20,21)12-9(14)4-3-5-10(12)15/h3-5,18H,6-8,16H2,1-2H3,(H,17,19). The summed E-state index contributed by atoms with van der Waals surface area (Å²) in [6.45, 7) is 3.78. The molecule has 4 N–H and O–H groups in total. The molecular formula is C13H19Cl2N3O3S. The van der Waals surface area contributed by atoms with E-state index in [2.05, 4.69) is 10.0 Å². The maximum absolute atomic E-state index is 12.1. The van der Waals surface area contributed by atoms with E-state index >= 15 is 0 Å². The molecule has 0 heterocycles. The van der Waals surface area contributed by atoms with Crippen LogP contribution >= 0.6 is 23.2 Å². The molecule has 0 fully saturated rings. The van der Waals surface area contributed by atoms with Gasteiger partial charge in [0.2, 0.25) is 15.9 Å². The van der Waals surface area contributed by atoms with Gasteiger partial charge in [0.25, 0.3) is 0 Å². The lowest BCUT2D eigenvalue weighted by Crippen LogP contribution is -2.45. The number of amides is 1. The third-order valence-corrected chi connectivity index (χ3v) is 4.99. The van der Waals surface area contributed by atoms with Gasteiger partial charge in [-0.2, -0.15) is 0 Å². The summed E-state index contributed by atoms with van der Waals surface area (Å²) in [5.41, 5.74) is 5.21. The summed E-state index contributed by atoms with van der Waals surface area (Å²) in [7, 11) is -3.88. The number of rotatable bonds is 7. The highest BCUT2D eigenvalue weighted by Crippen LogP contribution is 2.28. The van der Waals surface area contributed by atoms with Gasteiger partial charge in [-0.15, -0.1) is 0 Å².